The summed E-state index contributed by atoms with van der Waals surface area (Å²) in [7, 11) is 0. The van der Waals surface area contributed by atoms with E-state index in [-0.39, 0.29) is 5.82 Å². The summed E-state index contributed by atoms with van der Waals surface area (Å²) in [5.41, 5.74) is 2.49. The third-order valence-corrected chi connectivity index (χ3v) is 4.17. The number of anilines is 2. The summed E-state index contributed by atoms with van der Waals surface area (Å²) in [4.78, 5) is 8.54. The van der Waals surface area contributed by atoms with Crippen LogP contribution in [0.3, 0.4) is 0 Å². The fourth-order valence-corrected chi connectivity index (χ4v) is 2.94. The molecule has 0 aliphatic carbocycles. The Hall–Kier alpha value is -1.62. The van der Waals surface area contributed by atoms with Gasteiger partial charge in [0.15, 0.2) is 11.6 Å². The van der Waals surface area contributed by atoms with Crippen LogP contribution in [-0.2, 0) is 0 Å². The van der Waals surface area contributed by atoms with Crippen LogP contribution in [0.15, 0.2) is 41.0 Å². The first kappa shape index (κ1) is 14.3. The molecule has 0 bridgehead atoms. The topological polar surface area (TPSA) is 19.4 Å². The van der Waals surface area contributed by atoms with Gasteiger partial charge in [0, 0.05) is 42.5 Å². The van der Waals surface area contributed by atoms with Crippen LogP contribution in [0.2, 0.25) is 0 Å². The minimum absolute atomic E-state index is 0.270. The standard InChI is InChI=1S/C16H17BrFN3/c1-12-3-2-4-14(9-12)20-5-7-21(8-6-20)16-15(18)10-13(17)11-19-16/h2-4,9-11H,5-8H2,1H3. The van der Waals surface area contributed by atoms with Crippen LogP contribution in [0.25, 0.3) is 0 Å². The molecule has 0 atom stereocenters. The zero-order chi connectivity index (χ0) is 14.8. The lowest BCUT2D eigenvalue weighted by molar-refractivity contribution is 0.588. The summed E-state index contributed by atoms with van der Waals surface area (Å²) in [5.74, 6) is 0.176. The molecule has 21 heavy (non-hydrogen) atoms. The van der Waals surface area contributed by atoms with Crippen molar-refractivity contribution in [1.29, 1.82) is 0 Å². The second-order valence-electron chi connectivity index (χ2n) is 5.27. The zero-order valence-electron chi connectivity index (χ0n) is 11.9. The fraction of sp³-hybridized carbons (Fsp3) is 0.312. The molecule has 0 amide bonds. The van der Waals surface area contributed by atoms with Crippen molar-refractivity contribution in [2.75, 3.05) is 36.0 Å². The van der Waals surface area contributed by atoms with Gasteiger partial charge < -0.3 is 9.80 Å². The average molecular weight is 350 g/mol. The highest BCUT2D eigenvalue weighted by atomic mass is 79.9. The molecular weight excluding hydrogens is 333 g/mol. The van der Waals surface area contributed by atoms with E-state index in [9.17, 15) is 4.39 Å². The SMILES string of the molecule is Cc1cccc(N2CCN(c3ncc(Br)cc3F)CC2)c1. The predicted octanol–water partition coefficient (Wildman–Crippen LogP) is 3.62. The number of aryl methyl sites for hydroxylation is 1. The Morgan fingerprint density at radius 2 is 1.81 bits per heavy atom. The van der Waals surface area contributed by atoms with Gasteiger partial charge in [-0.25, -0.2) is 9.37 Å². The van der Waals surface area contributed by atoms with Crippen molar-refractivity contribution in [1.82, 2.24) is 4.98 Å². The van der Waals surface area contributed by atoms with E-state index in [0.717, 1.165) is 26.2 Å². The van der Waals surface area contributed by atoms with E-state index < -0.39 is 0 Å². The molecule has 5 heteroatoms. The Morgan fingerprint density at radius 3 is 2.48 bits per heavy atom. The number of pyridine rings is 1. The summed E-state index contributed by atoms with van der Waals surface area (Å²) >= 11 is 3.24. The van der Waals surface area contributed by atoms with Gasteiger partial charge in [-0.1, -0.05) is 12.1 Å². The van der Waals surface area contributed by atoms with Crippen molar-refractivity contribution in [3.05, 3.63) is 52.4 Å². The number of benzene rings is 1. The average Bonchev–Trinajstić information content (AvgIpc) is 2.47. The van der Waals surface area contributed by atoms with E-state index >= 15 is 0 Å². The molecule has 1 fully saturated rings. The van der Waals surface area contributed by atoms with Gasteiger partial charge in [0.25, 0.3) is 0 Å². The number of hydrogen-bond acceptors (Lipinski definition) is 3. The summed E-state index contributed by atoms with van der Waals surface area (Å²) < 4.78 is 14.6. The minimum Gasteiger partial charge on any atom is -0.368 e. The van der Waals surface area contributed by atoms with E-state index in [1.165, 1.54) is 17.3 Å². The van der Waals surface area contributed by atoms with Crippen molar-refractivity contribution in [2.24, 2.45) is 0 Å². The molecule has 0 spiro atoms. The van der Waals surface area contributed by atoms with Crippen LogP contribution in [0, 0.1) is 12.7 Å². The van der Waals surface area contributed by atoms with Crippen LogP contribution < -0.4 is 9.80 Å². The van der Waals surface area contributed by atoms with E-state index in [1.807, 2.05) is 4.90 Å². The Labute approximate surface area is 132 Å². The molecule has 3 rings (SSSR count). The molecule has 110 valence electrons. The monoisotopic (exact) mass is 349 g/mol. The number of halogens is 2. The molecular formula is C16H17BrFN3. The minimum atomic E-state index is -0.270. The van der Waals surface area contributed by atoms with Gasteiger partial charge in [-0.15, -0.1) is 0 Å². The first-order valence-corrected chi connectivity index (χ1v) is 7.80. The summed E-state index contributed by atoms with van der Waals surface area (Å²) in [6.45, 7) is 5.40. The van der Waals surface area contributed by atoms with Gasteiger partial charge in [0.1, 0.15) is 0 Å². The van der Waals surface area contributed by atoms with Crippen LogP contribution in [-0.4, -0.2) is 31.2 Å². The number of piperazine rings is 1. The van der Waals surface area contributed by atoms with Crippen molar-refractivity contribution in [3.63, 3.8) is 0 Å². The second-order valence-corrected chi connectivity index (χ2v) is 6.19. The Morgan fingerprint density at radius 1 is 1.10 bits per heavy atom. The van der Waals surface area contributed by atoms with Crippen molar-refractivity contribution >= 4 is 27.4 Å². The van der Waals surface area contributed by atoms with Gasteiger partial charge in [0.05, 0.1) is 0 Å². The van der Waals surface area contributed by atoms with E-state index in [2.05, 4.69) is 57.0 Å². The van der Waals surface area contributed by atoms with E-state index in [0.29, 0.717) is 10.3 Å². The molecule has 1 aliphatic rings. The first-order chi connectivity index (χ1) is 10.1. The van der Waals surface area contributed by atoms with E-state index in [4.69, 9.17) is 0 Å². The highest BCUT2D eigenvalue weighted by Gasteiger charge is 2.20. The van der Waals surface area contributed by atoms with Gasteiger partial charge in [0.2, 0.25) is 0 Å². The lowest BCUT2D eigenvalue weighted by Gasteiger charge is -2.36. The molecule has 2 aromatic rings. The largest absolute Gasteiger partial charge is 0.368 e. The predicted molar refractivity (Wildman–Crippen MR) is 87.5 cm³/mol. The van der Waals surface area contributed by atoms with Crippen LogP contribution in [0.4, 0.5) is 15.9 Å². The molecule has 0 radical (unpaired) electrons. The Balaban J connectivity index is 1.70. The van der Waals surface area contributed by atoms with Gasteiger partial charge >= 0.3 is 0 Å². The highest BCUT2D eigenvalue weighted by Crippen LogP contribution is 2.23. The molecule has 1 aromatic heterocycles. The van der Waals surface area contributed by atoms with E-state index in [1.54, 1.807) is 6.20 Å². The Bertz CT molecular complexity index is 639. The Kier molecular flexibility index (Phi) is 4.10. The number of nitrogens with zero attached hydrogens (tertiary/aromatic N) is 3. The molecule has 1 aromatic carbocycles. The third kappa shape index (κ3) is 3.18. The smallest absolute Gasteiger partial charge is 0.166 e. The lowest BCUT2D eigenvalue weighted by atomic mass is 10.2. The molecule has 2 heterocycles. The maximum Gasteiger partial charge on any atom is 0.166 e. The maximum atomic E-state index is 14.0. The zero-order valence-corrected chi connectivity index (χ0v) is 13.5. The van der Waals surface area contributed by atoms with Gasteiger partial charge in [-0.3, -0.25) is 0 Å². The molecule has 0 N–H and O–H groups in total. The molecule has 1 saturated heterocycles. The molecule has 0 unspecified atom stereocenters. The van der Waals surface area contributed by atoms with Crippen LogP contribution in [0.1, 0.15) is 5.56 Å². The molecule has 3 nitrogen and oxygen atoms in total. The summed E-state index contributed by atoms with van der Waals surface area (Å²) in [5, 5.41) is 0. The third-order valence-electron chi connectivity index (χ3n) is 3.73. The molecule has 1 aliphatic heterocycles. The molecule has 0 saturated carbocycles. The van der Waals surface area contributed by atoms with Crippen LogP contribution >= 0.6 is 15.9 Å². The maximum absolute atomic E-state index is 14.0. The number of rotatable bonds is 2. The van der Waals surface area contributed by atoms with Crippen LogP contribution in [0.5, 0.6) is 0 Å². The van der Waals surface area contributed by atoms with Crippen molar-refractivity contribution < 1.29 is 4.39 Å². The highest BCUT2D eigenvalue weighted by molar-refractivity contribution is 9.10. The number of hydrogen-bond donors (Lipinski definition) is 0. The summed E-state index contributed by atoms with van der Waals surface area (Å²) in [6.07, 6.45) is 1.64. The van der Waals surface area contributed by atoms with Gasteiger partial charge in [-0.05, 0) is 46.6 Å². The normalized spacial score (nSPS) is 15.4. The fourth-order valence-electron chi connectivity index (χ4n) is 2.64. The first-order valence-electron chi connectivity index (χ1n) is 7.01. The number of aromatic nitrogens is 1. The lowest BCUT2D eigenvalue weighted by Crippen LogP contribution is -2.47. The summed E-state index contributed by atoms with van der Waals surface area (Å²) in [6, 6.07) is 9.96. The van der Waals surface area contributed by atoms with Gasteiger partial charge in [-0.2, -0.15) is 0 Å². The second kappa shape index (κ2) is 6.02. The van der Waals surface area contributed by atoms with Crippen molar-refractivity contribution in [2.45, 2.75) is 6.92 Å². The van der Waals surface area contributed by atoms with Crippen molar-refractivity contribution in [3.8, 4) is 0 Å². The quantitative estimate of drug-likeness (QED) is 0.825.